The summed E-state index contributed by atoms with van der Waals surface area (Å²) < 4.78 is 6.05. The smallest absolute Gasteiger partial charge is 0.263 e. The quantitative estimate of drug-likeness (QED) is 0.350. The molecule has 5 rings (SSSR count). The second-order valence-corrected chi connectivity index (χ2v) is 10.8. The van der Waals surface area contributed by atoms with Gasteiger partial charge in [-0.1, -0.05) is 72.9 Å². The molecule has 176 valence electrons. The number of carbonyl (C=O) groups is 1. The van der Waals surface area contributed by atoms with E-state index in [2.05, 4.69) is 12.2 Å². The van der Waals surface area contributed by atoms with E-state index in [0.29, 0.717) is 32.4 Å². The highest BCUT2D eigenvalue weighted by Crippen LogP contribution is 2.42. The van der Waals surface area contributed by atoms with Crippen LogP contribution in [0.2, 0.25) is 10.0 Å². The van der Waals surface area contributed by atoms with Crippen molar-refractivity contribution in [3.8, 4) is 11.3 Å². The zero-order chi connectivity index (χ0) is 23.7. The van der Waals surface area contributed by atoms with Gasteiger partial charge >= 0.3 is 0 Å². The third kappa shape index (κ3) is 4.88. The number of hydrogen-bond donors (Lipinski definition) is 1. The summed E-state index contributed by atoms with van der Waals surface area (Å²) in [6.45, 7) is 2.26. The molecule has 2 heterocycles. The Morgan fingerprint density at radius 3 is 2.62 bits per heavy atom. The zero-order valence-corrected chi connectivity index (χ0v) is 21.2. The van der Waals surface area contributed by atoms with E-state index in [1.165, 1.54) is 6.42 Å². The molecular weight excluding hydrogens is 487 g/mol. The van der Waals surface area contributed by atoms with E-state index in [-0.39, 0.29) is 17.4 Å². The van der Waals surface area contributed by atoms with E-state index in [0.717, 1.165) is 30.5 Å². The minimum Gasteiger partial charge on any atom is -0.457 e. The van der Waals surface area contributed by atoms with Gasteiger partial charge in [-0.05, 0) is 61.2 Å². The predicted octanol–water partition coefficient (Wildman–Crippen LogP) is 8.14. The molecule has 0 spiro atoms. The number of rotatable bonds is 5. The van der Waals surface area contributed by atoms with Crippen LogP contribution in [0, 0.1) is 5.92 Å². The lowest BCUT2D eigenvalue weighted by atomic mass is 9.85. The summed E-state index contributed by atoms with van der Waals surface area (Å²) in [5.74, 6) is 1.79. The predicted molar refractivity (Wildman–Crippen MR) is 142 cm³/mol. The lowest BCUT2D eigenvalue weighted by molar-refractivity contribution is -0.129. The average Bonchev–Trinajstić information content (AvgIpc) is 3.40. The Morgan fingerprint density at radius 2 is 1.85 bits per heavy atom. The molecule has 7 heteroatoms. The highest BCUT2D eigenvalue weighted by atomic mass is 35.5. The molecule has 2 aliphatic rings. The summed E-state index contributed by atoms with van der Waals surface area (Å²) in [5.41, 5.74) is 1.61. The number of hydrogen-bond acceptors (Lipinski definition) is 4. The number of para-hydroxylation sites is 1. The Kier molecular flexibility index (Phi) is 6.96. The van der Waals surface area contributed by atoms with Gasteiger partial charge in [0.25, 0.3) is 5.91 Å². The number of carbonyl (C=O) groups excluding carboxylic acids is 1. The van der Waals surface area contributed by atoms with E-state index in [4.69, 9.17) is 27.6 Å². The van der Waals surface area contributed by atoms with Gasteiger partial charge in [0.15, 0.2) is 5.50 Å². The molecule has 2 fully saturated rings. The summed E-state index contributed by atoms with van der Waals surface area (Å²) in [5, 5.41) is 4.66. The highest BCUT2D eigenvalue weighted by molar-refractivity contribution is 8.05. The topological polar surface area (TPSA) is 45.5 Å². The van der Waals surface area contributed by atoms with Crippen LogP contribution in [0.4, 0.5) is 5.69 Å². The van der Waals surface area contributed by atoms with Crippen molar-refractivity contribution in [1.29, 1.82) is 0 Å². The van der Waals surface area contributed by atoms with E-state index in [1.54, 1.807) is 23.9 Å². The molecule has 1 aliphatic heterocycles. The van der Waals surface area contributed by atoms with E-state index >= 15 is 0 Å². The molecule has 4 nitrogen and oxygen atoms in total. The number of benzene rings is 2. The van der Waals surface area contributed by atoms with Crippen molar-refractivity contribution in [2.75, 3.05) is 5.32 Å². The first-order valence-corrected chi connectivity index (χ1v) is 13.2. The first-order valence-electron chi connectivity index (χ1n) is 11.6. The largest absolute Gasteiger partial charge is 0.457 e. The number of furan rings is 1. The third-order valence-electron chi connectivity index (χ3n) is 6.52. The summed E-state index contributed by atoms with van der Waals surface area (Å²) in [4.78, 5) is 16.4. The molecule has 3 aromatic rings. The summed E-state index contributed by atoms with van der Waals surface area (Å²) in [6, 6.07) is 19.3. The summed E-state index contributed by atoms with van der Waals surface area (Å²) >= 11 is 13.9. The van der Waals surface area contributed by atoms with Crippen molar-refractivity contribution in [2.45, 2.75) is 44.1 Å². The number of amides is 1. The Labute approximate surface area is 214 Å². The maximum Gasteiger partial charge on any atom is 0.263 e. The van der Waals surface area contributed by atoms with E-state index in [1.807, 2.05) is 59.5 Å². The number of thioether (sulfide) groups is 1. The van der Waals surface area contributed by atoms with Crippen LogP contribution >= 0.6 is 35.0 Å². The molecule has 0 radical (unpaired) electrons. The second-order valence-electron chi connectivity index (χ2n) is 8.86. The van der Waals surface area contributed by atoms with Gasteiger partial charge in [0.1, 0.15) is 11.5 Å². The van der Waals surface area contributed by atoms with Crippen LogP contribution < -0.4 is 5.32 Å². The fraction of sp³-hybridized carbons (Fsp3) is 0.296. The molecule has 3 atom stereocenters. The monoisotopic (exact) mass is 512 g/mol. The first-order chi connectivity index (χ1) is 16.5. The van der Waals surface area contributed by atoms with E-state index in [9.17, 15) is 4.79 Å². The third-order valence-corrected chi connectivity index (χ3v) is 8.18. The number of halogens is 2. The Morgan fingerprint density at radius 1 is 1.06 bits per heavy atom. The molecular formula is C27H26Cl2N2O2S. The molecule has 2 aromatic carbocycles. The van der Waals surface area contributed by atoms with Gasteiger partial charge in [0.2, 0.25) is 0 Å². The maximum absolute atomic E-state index is 13.6. The Bertz CT molecular complexity index is 1210. The number of nitrogens with zero attached hydrogens (tertiary/aromatic N) is 1. The van der Waals surface area contributed by atoms with Crippen LogP contribution in [0.1, 0.15) is 38.4 Å². The Balaban J connectivity index is 1.43. The lowest BCUT2D eigenvalue weighted by Gasteiger charge is -2.39. The van der Waals surface area contributed by atoms with Crippen molar-refractivity contribution in [3.63, 3.8) is 0 Å². The van der Waals surface area contributed by atoms with Crippen molar-refractivity contribution < 1.29 is 9.21 Å². The van der Waals surface area contributed by atoms with Crippen molar-refractivity contribution in [3.05, 3.63) is 81.4 Å². The van der Waals surface area contributed by atoms with Crippen LogP contribution in [-0.2, 0) is 4.79 Å². The molecule has 1 amide bonds. The van der Waals surface area contributed by atoms with E-state index < -0.39 is 0 Å². The zero-order valence-electron chi connectivity index (χ0n) is 18.8. The van der Waals surface area contributed by atoms with Crippen LogP contribution in [-0.4, -0.2) is 22.3 Å². The van der Waals surface area contributed by atoms with Gasteiger partial charge in [-0.15, -0.1) is 0 Å². The average molecular weight is 513 g/mol. The molecule has 34 heavy (non-hydrogen) atoms. The van der Waals surface area contributed by atoms with Gasteiger partial charge in [0, 0.05) is 28.4 Å². The lowest BCUT2D eigenvalue weighted by Crippen LogP contribution is -2.48. The van der Waals surface area contributed by atoms with Gasteiger partial charge in [-0.3, -0.25) is 4.79 Å². The molecule has 0 bridgehead atoms. The minimum absolute atomic E-state index is 0.0552. The van der Waals surface area contributed by atoms with Crippen molar-refractivity contribution in [1.82, 2.24) is 4.90 Å². The molecule has 1 N–H and O–H groups in total. The van der Waals surface area contributed by atoms with Crippen LogP contribution in [0.15, 0.2) is 70.0 Å². The van der Waals surface area contributed by atoms with Gasteiger partial charge in [0.05, 0.1) is 9.93 Å². The van der Waals surface area contributed by atoms with Gasteiger partial charge in [-0.25, -0.2) is 0 Å². The van der Waals surface area contributed by atoms with Gasteiger partial charge < -0.3 is 14.6 Å². The Hall–Kier alpha value is -2.34. The maximum atomic E-state index is 13.6. The molecule has 1 saturated carbocycles. The highest BCUT2D eigenvalue weighted by Gasteiger charge is 2.43. The standard InChI is InChI=1S/C27H26Cl2N2O2S/c1-17-7-5-6-10-23(17)31-26(32)25(34-27(31)30-19-8-3-2-4-9-19)16-20-12-14-24(33-20)21-13-11-18(28)15-22(21)29/h2-4,8-9,11-17,23,27,30H,5-7,10H2,1H3/b25-16-/t17-,23+,27?/m1/s1. The van der Waals surface area contributed by atoms with Gasteiger partial charge in [-0.2, -0.15) is 0 Å². The van der Waals surface area contributed by atoms with Crippen LogP contribution in [0.5, 0.6) is 0 Å². The van der Waals surface area contributed by atoms with Crippen molar-refractivity contribution in [2.24, 2.45) is 5.92 Å². The molecule has 1 unspecified atom stereocenters. The molecule has 1 aliphatic carbocycles. The minimum atomic E-state index is -0.160. The fourth-order valence-electron chi connectivity index (χ4n) is 4.76. The normalized spacial score (nSPS) is 24.1. The van der Waals surface area contributed by atoms with Crippen molar-refractivity contribution >= 4 is 52.6 Å². The summed E-state index contributed by atoms with van der Waals surface area (Å²) in [6.07, 6.45) is 6.42. The second kappa shape index (κ2) is 10.1. The molecule has 1 aromatic heterocycles. The fourth-order valence-corrected chi connectivity index (χ4v) is 6.45. The first kappa shape index (κ1) is 23.4. The number of anilines is 1. The van der Waals surface area contributed by atoms with Crippen LogP contribution in [0.3, 0.4) is 0 Å². The van der Waals surface area contributed by atoms with Crippen LogP contribution in [0.25, 0.3) is 17.4 Å². The summed E-state index contributed by atoms with van der Waals surface area (Å²) in [7, 11) is 0. The number of nitrogens with one attached hydrogen (secondary N) is 1. The molecule has 1 saturated heterocycles. The SMILES string of the molecule is C[C@@H]1CCCC[C@@H]1N1C(=O)/C(=C/c2ccc(-c3ccc(Cl)cc3Cl)o2)SC1Nc1ccccc1.